The number of benzene rings is 2. The Labute approximate surface area is 174 Å². The lowest BCUT2D eigenvalue weighted by Crippen LogP contribution is -2.28. The molecule has 0 aliphatic heterocycles. The molecule has 0 aliphatic carbocycles. The summed E-state index contributed by atoms with van der Waals surface area (Å²) in [5.74, 6) is -0.460. The zero-order valence-corrected chi connectivity index (χ0v) is 17.6. The number of amides is 1. The summed E-state index contributed by atoms with van der Waals surface area (Å²) in [5, 5.41) is 7.09. The highest BCUT2D eigenvalue weighted by Gasteiger charge is 2.21. The molecule has 0 saturated heterocycles. The summed E-state index contributed by atoms with van der Waals surface area (Å²) in [4.78, 5) is 16.6. The summed E-state index contributed by atoms with van der Waals surface area (Å²) in [7, 11) is -0.825. The van der Waals surface area contributed by atoms with Crippen molar-refractivity contribution in [2.45, 2.75) is 17.9 Å². The maximum absolute atomic E-state index is 12.7. The summed E-state index contributed by atoms with van der Waals surface area (Å²) >= 11 is 6.14. The zero-order chi connectivity index (χ0) is 21.2. The first kappa shape index (κ1) is 21.0. The average molecular weight is 434 g/mol. The van der Waals surface area contributed by atoms with Crippen molar-refractivity contribution in [1.29, 1.82) is 0 Å². The molecule has 3 aromatic rings. The minimum atomic E-state index is -3.68. The van der Waals surface area contributed by atoms with Crippen molar-refractivity contribution in [2.75, 3.05) is 14.1 Å². The number of carbonyl (C=O) groups excluding carboxylic acids is 1. The molecule has 1 atom stereocenters. The van der Waals surface area contributed by atoms with Crippen LogP contribution in [0.2, 0.25) is 5.02 Å². The second-order valence-electron chi connectivity index (χ2n) is 6.56. The van der Waals surface area contributed by atoms with E-state index in [4.69, 9.17) is 11.6 Å². The first-order valence-electron chi connectivity index (χ1n) is 8.68. The fraction of sp³-hybridized carbons (Fsp3) is 0.211. The van der Waals surface area contributed by atoms with E-state index in [1.54, 1.807) is 11.0 Å². The topological polar surface area (TPSA) is 97.2 Å². The van der Waals surface area contributed by atoms with Crippen molar-refractivity contribution in [2.24, 2.45) is 0 Å². The first-order chi connectivity index (χ1) is 13.7. The molecule has 10 heteroatoms. The number of nitrogens with one attached hydrogen (secondary N) is 1. The highest BCUT2D eigenvalue weighted by Crippen LogP contribution is 2.23. The van der Waals surface area contributed by atoms with Crippen LogP contribution in [0.25, 0.3) is 5.69 Å². The van der Waals surface area contributed by atoms with Crippen molar-refractivity contribution in [1.82, 2.24) is 24.4 Å². The van der Waals surface area contributed by atoms with Crippen molar-refractivity contribution in [3.05, 3.63) is 71.3 Å². The Morgan fingerprint density at radius 2 is 1.86 bits per heavy atom. The van der Waals surface area contributed by atoms with Gasteiger partial charge in [0.1, 0.15) is 12.7 Å². The monoisotopic (exact) mass is 433 g/mol. The van der Waals surface area contributed by atoms with E-state index in [0.29, 0.717) is 0 Å². The van der Waals surface area contributed by atoms with E-state index >= 15 is 0 Å². The van der Waals surface area contributed by atoms with Crippen molar-refractivity contribution in [3.8, 4) is 5.69 Å². The molecule has 0 spiro atoms. The van der Waals surface area contributed by atoms with Crippen LogP contribution < -0.4 is 5.32 Å². The van der Waals surface area contributed by atoms with E-state index in [-0.39, 0.29) is 21.5 Å². The summed E-state index contributed by atoms with van der Waals surface area (Å²) in [6.07, 6.45) is 3.04. The van der Waals surface area contributed by atoms with Crippen LogP contribution in [0.3, 0.4) is 0 Å². The molecule has 1 amide bonds. The number of hydrogen-bond donors (Lipinski definition) is 1. The number of carbonyl (C=O) groups is 1. The lowest BCUT2D eigenvalue weighted by atomic mass is 10.1. The molecule has 29 heavy (non-hydrogen) atoms. The Bertz CT molecular complexity index is 1110. The maximum Gasteiger partial charge on any atom is 0.253 e. The zero-order valence-electron chi connectivity index (χ0n) is 16.1. The van der Waals surface area contributed by atoms with Crippen LogP contribution in [0.1, 0.15) is 28.9 Å². The van der Waals surface area contributed by atoms with E-state index in [1.807, 2.05) is 31.2 Å². The molecule has 3 rings (SSSR count). The van der Waals surface area contributed by atoms with Gasteiger partial charge in [-0.05, 0) is 42.8 Å². The second-order valence-corrected chi connectivity index (χ2v) is 9.11. The molecule has 0 saturated carbocycles. The van der Waals surface area contributed by atoms with Gasteiger partial charge in [-0.25, -0.2) is 22.4 Å². The summed E-state index contributed by atoms with van der Waals surface area (Å²) in [6.45, 7) is 1.83. The summed E-state index contributed by atoms with van der Waals surface area (Å²) in [6, 6.07) is 11.2. The number of hydrogen-bond acceptors (Lipinski definition) is 5. The normalized spacial score (nSPS) is 12.7. The average Bonchev–Trinajstić information content (AvgIpc) is 3.22. The Hall–Kier alpha value is -2.75. The van der Waals surface area contributed by atoms with Crippen molar-refractivity contribution >= 4 is 27.5 Å². The van der Waals surface area contributed by atoms with Gasteiger partial charge in [0.15, 0.2) is 0 Å². The molecule has 1 aromatic heterocycles. The minimum Gasteiger partial charge on any atom is -0.345 e. The highest BCUT2D eigenvalue weighted by molar-refractivity contribution is 7.89. The van der Waals surface area contributed by atoms with Gasteiger partial charge in [0.25, 0.3) is 5.91 Å². The molecule has 0 bridgehead atoms. The van der Waals surface area contributed by atoms with Gasteiger partial charge in [0.2, 0.25) is 10.0 Å². The van der Waals surface area contributed by atoms with Crippen molar-refractivity contribution < 1.29 is 13.2 Å². The Morgan fingerprint density at radius 1 is 1.17 bits per heavy atom. The summed E-state index contributed by atoms with van der Waals surface area (Å²) < 4.78 is 27.4. The van der Waals surface area contributed by atoms with Crippen molar-refractivity contribution in [3.63, 3.8) is 0 Å². The van der Waals surface area contributed by atoms with Crippen LogP contribution in [0.5, 0.6) is 0 Å². The third-order valence-electron chi connectivity index (χ3n) is 4.39. The molecular formula is C19H20ClN5O3S. The van der Waals surface area contributed by atoms with E-state index < -0.39 is 15.9 Å². The lowest BCUT2D eigenvalue weighted by Gasteiger charge is -2.17. The minimum absolute atomic E-state index is 0.00175. The van der Waals surface area contributed by atoms with Crippen LogP contribution in [-0.2, 0) is 10.0 Å². The first-order valence-corrected chi connectivity index (χ1v) is 10.5. The Balaban J connectivity index is 1.79. The molecule has 0 radical (unpaired) electrons. The van der Waals surface area contributed by atoms with E-state index in [2.05, 4.69) is 15.4 Å². The molecule has 152 valence electrons. The molecule has 1 N–H and O–H groups in total. The Kier molecular flexibility index (Phi) is 6.02. The van der Waals surface area contributed by atoms with Gasteiger partial charge in [0, 0.05) is 14.1 Å². The second kappa shape index (κ2) is 8.32. The summed E-state index contributed by atoms with van der Waals surface area (Å²) in [5.41, 5.74) is 1.81. The number of rotatable bonds is 6. The van der Waals surface area contributed by atoms with E-state index in [0.717, 1.165) is 15.6 Å². The molecule has 8 nitrogen and oxygen atoms in total. The third kappa shape index (κ3) is 4.47. The molecule has 1 heterocycles. The van der Waals surface area contributed by atoms with Gasteiger partial charge < -0.3 is 5.32 Å². The highest BCUT2D eigenvalue weighted by atomic mass is 35.5. The van der Waals surface area contributed by atoms with Crippen LogP contribution in [0.15, 0.2) is 60.0 Å². The number of nitrogens with zero attached hydrogens (tertiary/aromatic N) is 4. The molecule has 0 aliphatic rings. The van der Waals surface area contributed by atoms with Gasteiger partial charge in [-0.2, -0.15) is 5.10 Å². The van der Waals surface area contributed by atoms with Gasteiger partial charge >= 0.3 is 0 Å². The maximum atomic E-state index is 12.7. The fourth-order valence-corrected chi connectivity index (χ4v) is 3.80. The Morgan fingerprint density at radius 3 is 2.45 bits per heavy atom. The van der Waals surface area contributed by atoms with Crippen LogP contribution >= 0.6 is 11.6 Å². The van der Waals surface area contributed by atoms with Crippen LogP contribution in [0, 0.1) is 0 Å². The number of aromatic nitrogens is 3. The standard InChI is InChI=1S/C19H20ClN5O3S/c1-13(14-4-6-15(7-5-14)25-12-21-11-22-25)23-19(26)17-10-16(8-9-18(17)20)29(27,28)24(2)3/h4-13H,1-3H3,(H,23,26)/t13-/m0/s1. The number of halogens is 1. The largest absolute Gasteiger partial charge is 0.345 e. The lowest BCUT2D eigenvalue weighted by molar-refractivity contribution is 0.0940. The molecule has 0 fully saturated rings. The number of sulfonamides is 1. The van der Waals surface area contributed by atoms with Gasteiger partial charge in [-0.3, -0.25) is 4.79 Å². The predicted octanol–water partition coefficient (Wildman–Crippen LogP) is 2.66. The third-order valence-corrected chi connectivity index (χ3v) is 6.53. The molecule has 0 unspecified atom stereocenters. The van der Waals surface area contributed by atoms with E-state index in [9.17, 15) is 13.2 Å². The molecular weight excluding hydrogens is 414 g/mol. The SMILES string of the molecule is C[C@H](NC(=O)c1cc(S(=O)(=O)N(C)C)ccc1Cl)c1ccc(-n2cncn2)cc1. The quantitative estimate of drug-likeness (QED) is 0.644. The smallest absolute Gasteiger partial charge is 0.253 e. The predicted molar refractivity (Wildman–Crippen MR) is 110 cm³/mol. The molecule has 2 aromatic carbocycles. The fourth-order valence-electron chi connectivity index (χ4n) is 2.66. The van der Waals surface area contributed by atoms with Gasteiger partial charge in [-0.15, -0.1) is 0 Å². The van der Waals surface area contributed by atoms with Gasteiger partial charge in [-0.1, -0.05) is 23.7 Å². The van der Waals surface area contributed by atoms with Crippen LogP contribution in [-0.4, -0.2) is 47.5 Å². The van der Waals surface area contributed by atoms with Crippen LogP contribution in [0.4, 0.5) is 0 Å². The van der Waals surface area contributed by atoms with Gasteiger partial charge in [0.05, 0.1) is 27.2 Å². The van der Waals surface area contributed by atoms with E-state index in [1.165, 1.54) is 38.6 Å².